The van der Waals surface area contributed by atoms with Gasteiger partial charge in [0.15, 0.2) is 6.61 Å². The molecule has 0 aromatic heterocycles. The van der Waals surface area contributed by atoms with Crippen molar-refractivity contribution in [3.63, 3.8) is 0 Å². The SMILES string of the molecule is Cc1ccc(NC(=O)CN(C)C(=O)COC(=O)c2ccc(C)cc2C)cc1. The van der Waals surface area contributed by atoms with Crippen LogP contribution in [0.15, 0.2) is 42.5 Å². The van der Waals surface area contributed by atoms with E-state index >= 15 is 0 Å². The summed E-state index contributed by atoms with van der Waals surface area (Å²) < 4.78 is 5.08. The Kier molecular flexibility index (Phi) is 6.71. The molecule has 0 spiro atoms. The van der Waals surface area contributed by atoms with Crippen molar-refractivity contribution in [1.82, 2.24) is 4.90 Å². The molecule has 0 fully saturated rings. The van der Waals surface area contributed by atoms with Crippen molar-refractivity contribution >= 4 is 23.5 Å². The Hall–Kier alpha value is -3.15. The largest absolute Gasteiger partial charge is 0.452 e. The highest BCUT2D eigenvalue weighted by molar-refractivity contribution is 5.95. The molecular weight excluding hydrogens is 344 g/mol. The second kappa shape index (κ2) is 8.98. The van der Waals surface area contributed by atoms with E-state index in [9.17, 15) is 14.4 Å². The Bertz CT molecular complexity index is 844. The summed E-state index contributed by atoms with van der Waals surface area (Å²) in [5, 5.41) is 2.72. The molecule has 0 saturated carbocycles. The third kappa shape index (κ3) is 5.95. The van der Waals surface area contributed by atoms with Gasteiger partial charge < -0.3 is 15.0 Å². The number of carbonyl (C=O) groups excluding carboxylic acids is 3. The minimum atomic E-state index is -0.557. The van der Waals surface area contributed by atoms with Crippen LogP contribution in [0.3, 0.4) is 0 Å². The predicted octanol–water partition coefficient (Wildman–Crippen LogP) is 2.87. The van der Waals surface area contributed by atoms with Crippen LogP contribution < -0.4 is 5.32 Å². The Balaban J connectivity index is 1.83. The van der Waals surface area contributed by atoms with E-state index in [0.29, 0.717) is 11.3 Å². The fourth-order valence-electron chi connectivity index (χ4n) is 2.50. The molecule has 0 heterocycles. The van der Waals surface area contributed by atoms with E-state index in [-0.39, 0.29) is 12.5 Å². The summed E-state index contributed by atoms with van der Waals surface area (Å²) in [6.07, 6.45) is 0. The number of amides is 2. The molecule has 2 aromatic carbocycles. The number of carbonyl (C=O) groups is 3. The Morgan fingerprint density at radius 1 is 0.963 bits per heavy atom. The lowest BCUT2D eigenvalue weighted by atomic mass is 10.1. The summed E-state index contributed by atoms with van der Waals surface area (Å²) in [4.78, 5) is 37.5. The standard InChI is InChI=1S/C21H24N2O4/c1-14-5-8-17(9-6-14)22-19(24)12-23(4)20(25)13-27-21(26)18-10-7-15(2)11-16(18)3/h5-11H,12-13H2,1-4H3,(H,22,24). The summed E-state index contributed by atoms with van der Waals surface area (Å²) in [6.45, 7) is 5.15. The fourth-order valence-corrected chi connectivity index (χ4v) is 2.50. The number of aryl methyl sites for hydroxylation is 3. The lowest BCUT2D eigenvalue weighted by Crippen LogP contribution is -2.37. The van der Waals surface area contributed by atoms with E-state index in [2.05, 4.69) is 5.32 Å². The van der Waals surface area contributed by atoms with E-state index in [4.69, 9.17) is 4.74 Å². The number of nitrogens with zero attached hydrogens (tertiary/aromatic N) is 1. The number of nitrogens with one attached hydrogen (secondary N) is 1. The van der Waals surface area contributed by atoms with Crippen molar-refractivity contribution in [2.24, 2.45) is 0 Å². The molecule has 142 valence electrons. The minimum Gasteiger partial charge on any atom is -0.452 e. The molecule has 0 atom stereocenters. The van der Waals surface area contributed by atoms with Gasteiger partial charge in [0.05, 0.1) is 12.1 Å². The number of benzene rings is 2. The molecule has 0 aliphatic carbocycles. The van der Waals surface area contributed by atoms with E-state index in [1.807, 2.05) is 45.0 Å². The van der Waals surface area contributed by atoms with Crippen LogP contribution in [0.1, 0.15) is 27.0 Å². The monoisotopic (exact) mass is 368 g/mol. The highest BCUT2D eigenvalue weighted by atomic mass is 16.5. The Morgan fingerprint density at radius 2 is 1.59 bits per heavy atom. The van der Waals surface area contributed by atoms with Gasteiger partial charge in [0, 0.05) is 12.7 Å². The number of ether oxygens (including phenoxy) is 1. The predicted molar refractivity (Wildman–Crippen MR) is 104 cm³/mol. The third-order valence-corrected chi connectivity index (χ3v) is 4.07. The number of rotatable bonds is 6. The van der Waals surface area contributed by atoms with Gasteiger partial charge in [-0.3, -0.25) is 9.59 Å². The van der Waals surface area contributed by atoms with Crippen molar-refractivity contribution in [2.45, 2.75) is 20.8 Å². The number of likely N-dealkylation sites (N-methyl/N-ethyl adjacent to an activating group) is 1. The summed E-state index contributed by atoms with van der Waals surface area (Å²) >= 11 is 0. The summed E-state index contributed by atoms with van der Waals surface area (Å²) in [7, 11) is 1.49. The molecule has 6 heteroatoms. The second-order valence-electron chi connectivity index (χ2n) is 6.56. The van der Waals surface area contributed by atoms with Crippen LogP contribution in [0.4, 0.5) is 5.69 Å². The molecule has 0 bridgehead atoms. The minimum absolute atomic E-state index is 0.131. The highest BCUT2D eigenvalue weighted by Gasteiger charge is 2.17. The number of hydrogen-bond donors (Lipinski definition) is 1. The lowest BCUT2D eigenvalue weighted by molar-refractivity contribution is -0.136. The smallest absolute Gasteiger partial charge is 0.338 e. The molecule has 2 aromatic rings. The average molecular weight is 368 g/mol. The topological polar surface area (TPSA) is 75.7 Å². The van der Waals surface area contributed by atoms with Crippen molar-refractivity contribution in [1.29, 1.82) is 0 Å². The van der Waals surface area contributed by atoms with Gasteiger partial charge in [0.2, 0.25) is 5.91 Å². The zero-order valence-corrected chi connectivity index (χ0v) is 16.0. The van der Waals surface area contributed by atoms with Gasteiger partial charge >= 0.3 is 5.97 Å². The van der Waals surface area contributed by atoms with Crippen molar-refractivity contribution in [3.8, 4) is 0 Å². The average Bonchev–Trinajstić information content (AvgIpc) is 2.61. The number of anilines is 1. The van der Waals surface area contributed by atoms with Gasteiger partial charge in [0.25, 0.3) is 5.91 Å². The van der Waals surface area contributed by atoms with Gasteiger partial charge in [0.1, 0.15) is 0 Å². The number of hydrogen-bond acceptors (Lipinski definition) is 4. The van der Waals surface area contributed by atoms with Crippen molar-refractivity contribution in [2.75, 3.05) is 25.5 Å². The van der Waals surface area contributed by atoms with Gasteiger partial charge in [-0.2, -0.15) is 0 Å². The molecule has 0 unspecified atom stereocenters. The highest BCUT2D eigenvalue weighted by Crippen LogP contribution is 2.12. The van der Waals surface area contributed by atoms with Crippen LogP contribution in [-0.2, 0) is 14.3 Å². The molecule has 6 nitrogen and oxygen atoms in total. The first-order chi connectivity index (χ1) is 12.8. The van der Waals surface area contributed by atoms with Crippen LogP contribution in [0.2, 0.25) is 0 Å². The van der Waals surface area contributed by atoms with Gasteiger partial charge in [-0.25, -0.2) is 4.79 Å². The molecule has 2 amide bonds. The lowest BCUT2D eigenvalue weighted by Gasteiger charge is -2.17. The van der Waals surface area contributed by atoms with E-state index < -0.39 is 18.5 Å². The van der Waals surface area contributed by atoms with Crippen LogP contribution in [-0.4, -0.2) is 42.9 Å². The summed E-state index contributed by atoms with van der Waals surface area (Å²) in [5.74, 6) is -1.33. The molecule has 0 aliphatic rings. The molecule has 1 N–H and O–H groups in total. The molecule has 0 saturated heterocycles. The molecule has 0 radical (unpaired) electrons. The first kappa shape index (κ1) is 20.2. The zero-order chi connectivity index (χ0) is 20.0. The summed E-state index contributed by atoms with van der Waals surface area (Å²) in [5.41, 5.74) is 4.00. The van der Waals surface area contributed by atoms with Crippen molar-refractivity contribution < 1.29 is 19.1 Å². The van der Waals surface area contributed by atoms with Crippen LogP contribution in [0, 0.1) is 20.8 Å². The van der Waals surface area contributed by atoms with E-state index in [1.165, 1.54) is 11.9 Å². The Labute approximate surface area is 159 Å². The normalized spacial score (nSPS) is 10.2. The third-order valence-electron chi connectivity index (χ3n) is 4.07. The van der Waals surface area contributed by atoms with Crippen LogP contribution in [0.5, 0.6) is 0 Å². The van der Waals surface area contributed by atoms with Crippen LogP contribution in [0.25, 0.3) is 0 Å². The molecule has 27 heavy (non-hydrogen) atoms. The first-order valence-corrected chi connectivity index (χ1v) is 8.61. The maximum atomic E-state index is 12.1. The zero-order valence-electron chi connectivity index (χ0n) is 16.0. The number of esters is 1. The van der Waals surface area contributed by atoms with E-state index in [1.54, 1.807) is 18.2 Å². The molecule has 2 rings (SSSR count). The van der Waals surface area contributed by atoms with Gasteiger partial charge in [-0.1, -0.05) is 35.4 Å². The van der Waals surface area contributed by atoms with Gasteiger partial charge in [-0.15, -0.1) is 0 Å². The van der Waals surface area contributed by atoms with Crippen molar-refractivity contribution in [3.05, 3.63) is 64.7 Å². The maximum absolute atomic E-state index is 12.1. The second-order valence-corrected chi connectivity index (χ2v) is 6.56. The van der Waals surface area contributed by atoms with Gasteiger partial charge in [-0.05, 0) is 44.5 Å². The first-order valence-electron chi connectivity index (χ1n) is 8.61. The molecular formula is C21H24N2O4. The quantitative estimate of drug-likeness (QED) is 0.796. The molecule has 0 aliphatic heterocycles. The fraction of sp³-hybridized carbons (Fsp3) is 0.286. The van der Waals surface area contributed by atoms with E-state index in [0.717, 1.165) is 16.7 Å². The maximum Gasteiger partial charge on any atom is 0.338 e. The van der Waals surface area contributed by atoms with Crippen LogP contribution >= 0.6 is 0 Å². The Morgan fingerprint density at radius 3 is 2.22 bits per heavy atom. The summed E-state index contributed by atoms with van der Waals surface area (Å²) in [6, 6.07) is 12.7.